The SMILES string of the molecule is Cc1ccc(OCC(=O)NNC(=O)c2cc([N+](=O)[O-])ccc2I)cc1C. The van der Waals surface area contributed by atoms with Crippen molar-refractivity contribution >= 4 is 40.1 Å². The first-order valence-corrected chi connectivity index (χ1v) is 8.59. The zero-order valence-electron chi connectivity index (χ0n) is 14.0. The summed E-state index contributed by atoms with van der Waals surface area (Å²) >= 11 is 1.88. The number of ether oxygens (including phenoxy) is 1. The summed E-state index contributed by atoms with van der Waals surface area (Å²) in [6, 6.07) is 9.35. The Labute approximate surface area is 163 Å². The van der Waals surface area contributed by atoms with E-state index in [1.54, 1.807) is 6.07 Å². The molecule has 0 atom stereocenters. The first kappa shape index (κ1) is 19.6. The lowest BCUT2D eigenvalue weighted by atomic mass is 10.1. The summed E-state index contributed by atoms with van der Waals surface area (Å²) in [6.07, 6.45) is 0. The molecule has 26 heavy (non-hydrogen) atoms. The lowest BCUT2D eigenvalue weighted by Crippen LogP contribution is -2.44. The molecule has 0 radical (unpaired) electrons. The quantitative estimate of drug-likeness (QED) is 0.398. The van der Waals surface area contributed by atoms with Crippen LogP contribution in [-0.2, 0) is 4.79 Å². The van der Waals surface area contributed by atoms with Gasteiger partial charge in [0.2, 0.25) is 0 Å². The number of nitro groups is 1. The van der Waals surface area contributed by atoms with Gasteiger partial charge in [-0.1, -0.05) is 6.07 Å². The van der Waals surface area contributed by atoms with Crippen molar-refractivity contribution in [1.29, 1.82) is 0 Å². The Kier molecular flexibility index (Phi) is 6.50. The third-order valence-electron chi connectivity index (χ3n) is 3.57. The number of benzene rings is 2. The minimum Gasteiger partial charge on any atom is -0.484 e. The predicted octanol–water partition coefficient (Wildman–Crippen LogP) is 2.66. The molecule has 0 fully saturated rings. The van der Waals surface area contributed by atoms with E-state index in [0.29, 0.717) is 9.32 Å². The Hall–Kier alpha value is -2.69. The number of nitrogens with zero attached hydrogens (tertiary/aromatic N) is 1. The predicted molar refractivity (Wildman–Crippen MR) is 103 cm³/mol. The summed E-state index contributed by atoms with van der Waals surface area (Å²) in [5, 5.41) is 10.8. The molecular weight excluding hydrogens is 453 g/mol. The molecule has 8 nitrogen and oxygen atoms in total. The van der Waals surface area contributed by atoms with Gasteiger partial charge in [0.1, 0.15) is 5.75 Å². The summed E-state index contributed by atoms with van der Waals surface area (Å²) in [7, 11) is 0. The van der Waals surface area contributed by atoms with Gasteiger partial charge in [0, 0.05) is 15.7 Å². The molecule has 0 saturated carbocycles. The van der Waals surface area contributed by atoms with E-state index in [2.05, 4.69) is 10.9 Å². The highest BCUT2D eigenvalue weighted by Gasteiger charge is 2.16. The van der Waals surface area contributed by atoms with E-state index in [9.17, 15) is 19.7 Å². The van der Waals surface area contributed by atoms with E-state index >= 15 is 0 Å². The molecule has 2 rings (SSSR count). The van der Waals surface area contributed by atoms with Gasteiger partial charge in [-0.15, -0.1) is 0 Å². The van der Waals surface area contributed by atoms with Crippen LogP contribution in [0.5, 0.6) is 5.75 Å². The molecule has 0 aliphatic carbocycles. The Morgan fingerprint density at radius 3 is 2.50 bits per heavy atom. The average Bonchev–Trinajstić information content (AvgIpc) is 2.60. The van der Waals surface area contributed by atoms with Gasteiger partial charge in [0.25, 0.3) is 17.5 Å². The smallest absolute Gasteiger partial charge is 0.276 e. The summed E-state index contributed by atoms with van der Waals surface area (Å²) in [4.78, 5) is 34.1. The maximum Gasteiger partial charge on any atom is 0.276 e. The van der Waals surface area contributed by atoms with Crippen molar-refractivity contribution in [3.05, 3.63) is 66.8 Å². The summed E-state index contributed by atoms with van der Waals surface area (Å²) < 4.78 is 5.88. The maximum absolute atomic E-state index is 12.1. The molecule has 2 N–H and O–H groups in total. The summed E-state index contributed by atoms with van der Waals surface area (Å²) in [5.41, 5.74) is 6.47. The number of amides is 2. The van der Waals surface area contributed by atoms with Crippen LogP contribution in [0.4, 0.5) is 5.69 Å². The maximum atomic E-state index is 12.1. The van der Waals surface area contributed by atoms with Crippen LogP contribution < -0.4 is 15.6 Å². The molecule has 0 spiro atoms. The van der Waals surface area contributed by atoms with Crippen LogP contribution in [-0.4, -0.2) is 23.3 Å². The van der Waals surface area contributed by atoms with E-state index in [1.807, 2.05) is 48.6 Å². The highest BCUT2D eigenvalue weighted by molar-refractivity contribution is 14.1. The number of carbonyl (C=O) groups is 2. The summed E-state index contributed by atoms with van der Waals surface area (Å²) in [6.45, 7) is 3.62. The highest BCUT2D eigenvalue weighted by Crippen LogP contribution is 2.19. The third-order valence-corrected chi connectivity index (χ3v) is 4.51. The van der Waals surface area contributed by atoms with Gasteiger partial charge in [-0.25, -0.2) is 0 Å². The lowest BCUT2D eigenvalue weighted by Gasteiger charge is -2.10. The molecule has 0 aromatic heterocycles. The second-order valence-electron chi connectivity index (χ2n) is 5.46. The number of rotatable bonds is 5. The number of aryl methyl sites for hydroxylation is 2. The number of hydrogen-bond donors (Lipinski definition) is 2. The first-order valence-electron chi connectivity index (χ1n) is 7.51. The fourth-order valence-electron chi connectivity index (χ4n) is 1.98. The molecule has 9 heteroatoms. The number of hydrazine groups is 1. The highest BCUT2D eigenvalue weighted by atomic mass is 127. The van der Waals surface area contributed by atoms with Gasteiger partial charge in [-0.05, 0) is 65.8 Å². The lowest BCUT2D eigenvalue weighted by molar-refractivity contribution is -0.384. The third kappa shape index (κ3) is 5.15. The van der Waals surface area contributed by atoms with E-state index < -0.39 is 16.7 Å². The van der Waals surface area contributed by atoms with Crippen molar-refractivity contribution in [2.75, 3.05) is 6.61 Å². The second kappa shape index (κ2) is 8.61. The Balaban J connectivity index is 1.90. The minimum absolute atomic E-state index is 0.0928. The number of hydrogen-bond acceptors (Lipinski definition) is 5. The van der Waals surface area contributed by atoms with Crippen LogP contribution in [0.25, 0.3) is 0 Å². The molecule has 136 valence electrons. The zero-order chi connectivity index (χ0) is 19.3. The van der Waals surface area contributed by atoms with E-state index in [1.165, 1.54) is 12.1 Å². The second-order valence-corrected chi connectivity index (χ2v) is 6.62. The molecular formula is C17H16IN3O5. The Morgan fingerprint density at radius 1 is 1.12 bits per heavy atom. The molecule has 2 aromatic rings. The van der Waals surface area contributed by atoms with E-state index in [4.69, 9.17) is 4.74 Å². The zero-order valence-corrected chi connectivity index (χ0v) is 16.2. The van der Waals surface area contributed by atoms with Gasteiger partial charge in [0.05, 0.1) is 10.5 Å². The largest absolute Gasteiger partial charge is 0.484 e. The standard InChI is InChI=1S/C17H16IN3O5/c1-10-3-5-13(7-11(10)2)26-9-16(22)19-20-17(23)14-8-12(21(24)25)4-6-15(14)18/h3-8H,9H2,1-2H3,(H,19,22)(H,20,23). The monoisotopic (exact) mass is 469 g/mol. The van der Waals surface area contributed by atoms with Crippen LogP contribution in [0.1, 0.15) is 21.5 Å². The first-order chi connectivity index (χ1) is 12.3. The van der Waals surface area contributed by atoms with E-state index in [0.717, 1.165) is 17.2 Å². The van der Waals surface area contributed by atoms with Gasteiger partial charge in [0.15, 0.2) is 6.61 Å². The number of carbonyl (C=O) groups excluding carboxylic acids is 2. The number of non-ortho nitro benzene ring substituents is 1. The fraction of sp³-hybridized carbons (Fsp3) is 0.176. The van der Waals surface area contributed by atoms with Crippen LogP contribution in [0.2, 0.25) is 0 Å². The van der Waals surface area contributed by atoms with Crippen molar-refractivity contribution in [3.8, 4) is 5.75 Å². The van der Waals surface area contributed by atoms with Crippen molar-refractivity contribution in [1.82, 2.24) is 10.9 Å². The normalized spacial score (nSPS) is 10.1. The Morgan fingerprint density at radius 2 is 1.85 bits per heavy atom. The Bertz CT molecular complexity index is 869. The van der Waals surface area contributed by atoms with Crippen molar-refractivity contribution in [2.24, 2.45) is 0 Å². The molecule has 2 aromatic carbocycles. The molecule has 0 saturated heterocycles. The van der Waals surface area contributed by atoms with Crippen LogP contribution in [0.3, 0.4) is 0 Å². The molecule has 0 bridgehead atoms. The molecule has 0 aliphatic heterocycles. The van der Waals surface area contributed by atoms with Gasteiger partial charge in [-0.2, -0.15) is 0 Å². The fourth-order valence-corrected chi connectivity index (χ4v) is 2.56. The van der Waals surface area contributed by atoms with Crippen LogP contribution in [0.15, 0.2) is 36.4 Å². The topological polar surface area (TPSA) is 111 Å². The van der Waals surface area contributed by atoms with Gasteiger partial charge < -0.3 is 4.74 Å². The van der Waals surface area contributed by atoms with E-state index in [-0.39, 0.29) is 17.9 Å². The number of nitrogens with one attached hydrogen (secondary N) is 2. The van der Waals surface area contributed by atoms with Crippen molar-refractivity contribution in [3.63, 3.8) is 0 Å². The minimum atomic E-state index is -0.655. The molecule has 0 heterocycles. The van der Waals surface area contributed by atoms with Crippen molar-refractivity contribution < 1.29 is 19.2 Å². The van der Waals surface area contributed by atoms with Crippen molar-refractivity contribution in [2.45, 2.75) is 13.8 Å². The van der Waals surface area contributed by atoms with Crippen LogP contribution in [0, 0.1) is 27.5 Å². The average molecular weight is 469 g/mol. The van der Waals surface area contributed by atoms with Gasteiger partial charge >= 0.3 is 0 Å². The number of nitro benzene ring substituents is 1. The molecule has 0 unspecified atom stereocenters. The number of halogens is 1. The van der Waals surface area contributed by atoms with Gasteiger partial charge in [-0.3, -0.25) is 30.6 Å². The molecule has 0 aliphatic rings. The van der Waals surface area contributed by atoms with Crippen LogP contribution >= 0.6 is 22.6 Å². The summed E-state index contributed by atoms with van der Waals surface area (Å²) in [5.74, 6) is -0.669. The molecule has 2 amide bonds.